The van der Waals surface area contributed by atoms with Crippen LogP contribution in [0.15, 0.2) is 54.7 Å². The minimum atomic E-state index is -0.372. The second kappa shape index (κ2) is 6.71. The van der Waals surface area contributed by atoms with E-state index in [1.807, 2.05) is 24.3 Å². The number of hydrogen-bond acceptors (Lipinski definition) is 4. The van der Waals surface area contributed by atoms with Crippen LogP contribution in [0.1, 0.15) is 19.3 Å². The Labute approximate surface area is 162 Å². The molecule has 2 aliphatic heterocycles. The van der Waals surface area contributed by atoms with Crippen molar-refractivity contribution in [2.24, 2.45) is 0 Å². The number of carbonyl (C=O) groups is 2. The Balaban J connectivity index is 1.44. The zero-order chi connectivity index (χ0) is 19.1. The van der Waals surface area contributed by atoms with Gasteiger partial charge in [0.15, 0.2) is 0 Å². The van der Waals surface area contributed by atoms with E-state index in [2.05, 4.69) is 34.2 Å². The zero-order valence-electron chi connectivity index (χ0n) is 15.4. The molecule has 3 heterocycles. The van der Waals surface area contributed by atoms with Gasteiger partial charge in [-0.2, -0.15) is 0 Å². The third kappa shape index (κ3) is 2.81. The van der Waals surface area contributed by atoms with Crippen LogP contribution in [0.5, 0.6) is 0 Å². The van der Waals surface area contributed by atoms with Gasteiger partial charge in [-0.1, -0.05) is 36.4 Å². The van der Waals surface area contributed by atoms with Crippen LogP contribution in [0, 0.1) is 0 Å². The molecule has 0 saturated carbocycles. The topological polar surface area (TPSA) is 66.4 Å². The van der Waals surface area contributed by atoms with Crippen LogP contribution in [-0.2, 0) is 9.59 Å². The van der Waals surface area contributed by atoms with E-state index < -0.39 is 0 Å². The molecule has 140 valence electrons. The van der Waals surface area contributed by atoms with Gasteiger partial charge in [0, 0.05) is 31.3 Å². The summed E-state index contributed by atoms with van der Waals surface area (Å²) in [6, 6.07) is 15.9. The first kappa shape index (κ1) is 16.9. The second-order valence-corrected chi connectivity index (χ2v) is 7.29. The standard InChI is InChI=1S/C22H20N4O2/c27-20-6-3-12-25(20)19-10-13-26(21(19)28)22-23-11-9-18(24-22)17-8-7-15-4-1-2-5-16(15)14-17/h1-2,4-5,7-9,11,14,19H,3,6,10,12-13H2. The molecule has 2 fully saturated rings. The number of amides is 2. The lowest BCUT2D eigenvalue weighted by atomic mass is 10.1. The molecule has 5 rings (SSSR count). The minimum absolute atomic E-state index is 0.0750. The van der Waals surface area contributed by atoms with Crippen molar-refractivity contribution in [2.45, 2.75) is 25.3 Å². The summed E-state index contributed by atoms with van der Waals surface area (Å²) < 4.78 is 0. The summed E-state index contributed by atoms with van der Waals surface area (Å²) in [6.45, 7) is 1.20. The summed E-state index contributed by atoms with van der Waals surface area (Å²) in [5.41, 5.74) is 1.77. The Morgan fingerprint density at radius 2 is 1.82 bits per heavy atom. The van der Waals surface area contributed by atoms with E-state index in [4.69, 9.17) is 0 Å². The molecule has 2 amide bonds. The summed E-state index contributed by atoms with van der Waals surface area (Å²) in [7, 11) is 0. The summed E-state index contributed by atoms with van der Waals surface area (Å²) in [6.07, 6.45) is 3.69. The number of aromatic nitrogens is 2. The largest absolute Gasteiger partial charge is 0.331 e. The van der Waals surface area contributed by atoms with Crippen molar-refractivity contribution in [3.63, 3.8) is 0 Å². The number of hydrogen-bond donors (Lipinski definition) is 0. The summed E-state index contributed by atoms with van der Waals surface area (Å²) in [4.78, 5) is 37.2. The van der Waals surface area contributed by atoms with Crippen LogP contribution in [0.4, 0.5) is 5.95 Å². The fourth-order valence-corrected chi connectivity index (χ4v) is 4.14. The van der Waals surface area contributed by atoms with Gasteiger partial charge in [0.05, 0.1) is 5.69 Å². The molecule has 2 aliphatic rings. The third-order valence-corrected chi connectivity index (χ3v) is 5.59. The molecule has 0 N–H and O–H groups in total. The quantitative estimate of drug-likeness (QED) is 0.709. The van der Waals surface area contributed by atoms with Gasteiger partial charge in [0.25, 0.3) is 5.91 Å². The zero-order valence-corrected chi connectivity index (χ0v) is 15.4. The fraction of sp³-hybridized carbons (Fsp3) is 0.273. The molecule has 0 radical (unpaired) electrons. The Hall–Kier alpha value is -3.28. The molecule has 2 aromatic carbocycles. The van der Waals surface area contributed by atoms with Crippen molar-refractivity contribution >= 4 is 28.5 Å². The van der Waals surface area contributed by atoms with E-state index in [-0.39, 0.29) is 17.9 Å². The van der Waals surface area contributed by atoms with Crippen molar-refractivity contribution in [2.75, 3.05) is 18.0 Å². The highest BCUT2D eigenvalue weighted by Gasteiger charge is 2.41. The van der Waals surface area contributed by atoms with Gasteiger partial charge in [-0.15, -0.1) is 0 Å². The van der Waals surface area contributed by atoms with Gasteiger partial charge in [-0.3, -0.25) is 14.5 Å². The van der Waals surface area contributed by atoms with Crippen LogP contribution in [0.3, 0.4) is 0 Å². The van der Waals surface area contributed by atoms with E-state index in [1.165, 1.54) is 5.39 Å². The third-order valence-electron chi connectivity index (χ3n) is 5.59. The van der Waals surface area contributed by atoms with Gasteiger partial charge >= 0.3 is 0 Å². The van der Waals surface area contributed by atoms with Gasteiger partial charge in [-0.25, -0.2) is 9.97 Å². The predicted octanol–water partition coefficient (Wildman–Crippen LogP) is 3.02. The van der Waals surface area contributed by atoms with Crippen molar-refractivity contribution < 1.29 is 9.59 Å². The second-order valence-electron chi connectivity index (χ2n) is 7.29. The van der Waals surface area contributed by atoms with Gasteiger partial charge in [0.1, 0.15) is 6.04 Å². The van der Waals surface area contributed by atoms with E-state index >= 15 is 0 Å². The van der Waals surface area contributed by atoms with Crippen molar-refractivity contribution in [3.05, 3.63) is 54.7 Å². The van der Waals surface area contributed by atoms with Crippen molar-refractivity contribution in [1.82, 2.24) is 14.9 Å². The molecule has 0 bridgehead atoms. The average molecular weight is 372 g/mol. The molecular weight excluding hydrogens is 352 g/mol. The maximum Gasteiger partial charge on any atom is 0.252 e. The molecule has 0 aliphatic carbocycles. The van der Waals surface area contributed by atoms with Crippen molar-refractivity contribution in [3.8, 4) is 11.3 Å². The van der Waals surface area contributed by atoms with E-state index in [0.717, 1.165) is 23.1 Å². The molecule has 6 nitrogen and oxygen atoms in total. The molecule has 1 atom stereocenters. The Morgan fingerprint density at radius 1 is 0.964 bits per heavy atom. The maximum atomic E-state index is 12.9. The summed E-state index contributed by atoms with van der Waals surface area (Å²) in [5.74, 6) is 0.404. The van der Waals surface area contributed by atoms with E-state index in [0.29, 0.717) is 31.9 Å². The van der Waals surface area contributed by atoms with Gasteiger partial charge in [-0.05, 0) is 35.7 Å². The fourth-order valence-electron chi connectivity index (χ4n) is 4.14. The van der Waals surface area contributed by atoms with E-state index in [1.54, 1.807) is 16.0 Å². The highest BCUT2D eigenvalue weighted by molar-refractivity contribution is 6.00. The van der Waals surface area contributed by atoms with Crippen LogP contribution < -0.4 is 4.90 Å². The smallest absolute Gasteiger partial charge is 0.252 e. The first-order valence-corrected chi connectivity index (χ1v) is 9.64. The summed E-state index contributed by atoms with van der Waals surface area (Å²) >= 11 is 0. The highest BCUT2D eigenvalue weighted by Crippen LogP contribution is 2.28. The van der Waals surface area contributed by atoms with Crippen molar-refractivity contribution in [1.29, 1.82) is 0 Å². The molecule has 2 saturated heterocycles. The number of likely N-dealkylation sites (tertiary alicyclic amines) is 1. The number of anilines is 1. The maximum absolute atomic E-state index is 12.9. The van der Waals surface area contributed by atoms with Crippen LogP contribution in [0.2, 0.25) is 0 Å². The number of nitrogens with zero attached hydrogens (tertiary/aromatic N) is 4. The lowest BCUT2D eigenvalue weighted by Gasteiger charge is -2.22. The number of carbonyl (C=O) groups excluding carboxylic acids is 2. The Morgan fingerprint density at radius 3 is 2.64 bits per heavy atom. The number of rotatable bonds is 3. The Kier molecular flexibility index (Phi) is 4.04. The van der Waals surface area contributed by atoms with Gasteiger partial charge in [0.2, 0.25) is 11.9 Å². The van der Waals surface area contributed by atoms with Crippen LogP contribution in [-0.4, -0.2) is 45.8 Å². The highest BCUT2D eigenvalue weighted by atomic mass is 16.2. The van der Waals surface area contributed by atoms with Gasteiger partial charge < -0.3 is 4.90 Å². The lowest BCUT2D eigenvalue weighted by molar-refractivity contribution is -0.134. The summed E-state index contributed by atoms with van der Waals surface area (Å²) in [5, 5.41) is 2.32. The van der Waals surface area contributed by atoms with E-state index in [9.17, 15) is 9.59 Å². The number of fused-ring (bicyclic) bond motifs is 1. The van der Waals surface area contributed by atoms with Crippen LogP contribution in [0.25, 0.3) is 22.0 Å². The van der Waals surface area contributed by atoms with Crippen LogP contribution >= 0.6 is 0 Å². The monoisotopic (exact) mass is 372 g/mol. The SMILES string of the molecule is O=C1C(N2CCCC2=O)CCN1c1nccc(-c2ccc3ccccc3c2)n1. The minimum Gasteiger partial charge on any atom is -0.331 e. The molecule has 6 heteroatoms. The molecule has 28 heavy (non-hydrogen) atoms. The molecule has 1 unspecified atom stereocenters. The first-order chi connectivity index (χ1) is 13.7. The number of benzene rings is 2. The first-order valence-electron chi connectivity index (χ1n) is 9.64. The molecule has 3 aromatic rings. The molecular formula is C22H20N4O2. The normalized spacial score (nSPS) is 19.8. The Bertz CT molecular complexity index is 1080. The molecule has 1 aromatic heterocycles. The lowest BCUT2D eigenvalue weighted by Crippen LogP contribution is -2.42. The average Bonchev–Trinajstić information content (AvgIpc) is 3.32. The predicted molar refractivity (Wildman–Crippen MR) is 107 cm³/mol. The molecule has 0 spiro atoms.